The third-order valence-electron chi connectivity index (χ3n) is 7.52. The minimum absolute atomic E-state index is 0.00141. The Labute approximate surface area is 250 Å². The van der Waals surface area contributed by atoms with Gasteiger partial charge in [-0.1, -0.05) is 44.2 Å². The lowest BCUT2D eigenvalue weighted by Gasteiger charge is -2.22. The molecule has 43 heavy (non-hydrogen) atoms. The van der Waals surface area contributed by atoms with Gasteiger partial charge >= 0.3 is 0 Å². The van der Waals surface area contributed by atoms with Gasteiger partial charge in [-0.25, -0.2) is 0 Å². The molecule has 1 aliphatic heterocycles. The normalized spacial score (nSPS) is 13.1. The third-order valence-corrected chi connectivity index (χ3v) is 9.46. The van der Waals surface area contributed by atoms with Crippen molar-refractivity contribution in [2.24, 2.45) is 5.92 Å². The predicted molar refractivity (Wildman–Crippen MR) is 159 cm³/mol. The van der Waals surface area contributed by atoms with Gasteiger partial charge in [-0.05, 0) is 67.0 Å². The van der Waals surface area contributed by atoms with E-state index in [-0.39, 0.29) is 40.3 Å². The molecule has 0 radical (unpaired) electrons. The standard InChI is InChI=1S/C30H34N2O9S2/c1-17(2)25(33)10-7-15-32(4)30(34)20-9-6-5-8-19(20)16-23-21-12-11-18(3)28(42(35,36)37)26(21)41-27-22(23)13-14-24(31)29(27)43(38,39)40/h5-6,8-9,11-14,17,25,31,33H,7,10,15-16H2,1-4H3,(H,35,36,37)(H,38,39,40). The topological polar surface area (TPSA) is 186 Å². The van der Waals surface area contributed by atoms with Crippen LogP contribution in [-0.2, 0) is 26.7 Å². The maximum Gasteiger partial charge on any atom is 0.300 e. The van der Waals surface area contributed by atoms with Crippen LogP contribution >= 0.6 is 0 Å². The van der Waals surface area contributed by atoms with Crippen molar-refractivity contribution in [2.45, 2.75) is 55.9 Å². The second-order valence-corrected chi connectivity index (χ2v) is 13.7. The van der Waals surface area contributed by atoms with E-state index in [2.05, 4.69) is 0 Å². The largest absolute Gasteiger partial charge is 0.453 e. The molecule has 1 unspecified atom stereocenters. The fourth-order valence-electron chi connectivity index (χ4n) is 5.17. The van der Waals surface area contributed by atoms with E-state index in [4.69, 9.17) is 9.83 Å². The first-order valence-electron chi connectivity index (χ1n) is 13.5. The number of carbonyl (C=O) groups is 1. The predicted octanol–water partition coefficient (Wildman–Crippen LogP) is 4.28. The van der Waals surface area contributed by atoms with E-state index in [1.807, 2.05) is 13.8 Å². The highest BCUT2D eigenvalue weighted by atomic mass is 32.2. The smallest absolute Gasteiger partial charge is 0.300 e. The van der Waals surface area contributed by atoms with E-state index in [1.165, 1.54) is 25.1 Å². The van der Waals surface area contributed by atoms with Crippen molar-refractivity contribution >= 4 is 37.1 Å². The maximum absolute atomic E-state index is 13.5. The molecule has 1 aliphatic carbocycles. The molecule has 4 N–H and O–H groups in total. The quantitative estimate of drug-likeness (QED) is 0.147. The van der Waals surface area contributed by atoms with Gasteiger partial charge in [0.25, 0.3) is 26.1 Å². The summed E-state index contributed by atoms with van der Waals surface area (Å²) >= 11 is 0. The van der Waals surface area contributed by atoms with Crippen molar-refractivity contribution < 1.29 is 40.3 Å². The summed E-state index contributed by atoms with van der Waals surface area (Å²) in [6.07, 6.45) is 0.646. The number of hydrogen-bond acceptors (Lipinski definition) is 8. The fraction of sp³-hybridized carbons (Fsp3) is 0.333. The zero-order valence-electron chi connectivity index (χ0n) is 24.2. The first-order chi connectivity index (χ1) is 20.0. The molecule has 1 atom stereocenters. The Hall–Kier alpha value is -3.62. The number of aliphatic hydroxyl groups excluding tert-OH is 1. The Morgan fingerprint density at radius 1 is 0.977 bits per heavy atom. The van der Waals surface area contributed by atoms with Gasteiger partial charge in [-0.2, -0.15) is 16.8 Å². The van der Waals surface area contributed by atoms with Crippen LogP contribution in [0.4, 0.5) is 0 Å². The molecule has 4 rings (SSSR count). The van der Waals surface area contributed by atoms with Gasteiger partial charge in [0.2, 0.25) is 0 Å². The summed E-state index contributed by atoms with van der Waals surface area (Å²) in [5.41, 5.74) is 1.18. The summed E-state index contributed by atoms with van der Waals surface area (Å²) in [4.78, 5) is 13.7. The van der Waals surface area contributed by atoms with Crippen LogP contribution in [0.5, 0.6) is 0 Å². The Morgan fingerprint density at radius 3 is 2.26 bits per heavy atom. The fourth-order valence-corrected chi connectivity index (χ4v) is 6.76. The van der Waals surface area contributed by atoms with E-state index in [0.29, 0.717) is 36.1 Å². The number of fused-ring (bicyclic) bond motifs is 2. The lowest BCUT2D eigenvalue weighted by Crippen LogP contribution is -2.29. The van der Waals surface area contributed by atoms with Crippen LogP contribution in [0.25, 0.3) is 22.3 Å². The summed E-state index contributed by atoms with van der Waals surface area (Å²) in [7, 11) is -8.21. The van der Waals surface area contributed by atoms with Crippen LogP contribution < -0.4 is 5.36 Å². The van der Waals surface area contributed by atoms with Crippen LogP contribution in [0.2, 0.25) is 0 Å². The summed E-state index contributed by atoms with van der Waals surface area (Å²) in [5.74, 6) is -0.649. The molecule has 0 bridgehead atoms. The Balaban J connectivity index is 1.91. The van der Waals surface area contributed by atoms with Crippen LogP contribution in [0.1, 0.15) is 53.7 Å². The first kappa shape index (κ1) is 32.3. The highest BCUT2D eigenvalue weighted by molar-refractivity contribution is 7.86. The number of nitrogens with one attached hydrogen (secondary N) is 1. The maximum atomic E-state index is 13.5. The molecule has 0 fully saturated rings. The van der Waals surface area contributed by atoms with Gasteiger partial charge in [0.1, 0.15) is 4.90 Å². The lowest BCUT2D eigenvalue weighted by molar-refractivity contribution is 0.0766. The molecule has 0 saturated carbocycles. The highest BCUT2D eigenvalue weighted by Gasteiger charge is 2.30. The minimum Gasteiger partial charge on any atom is -0.453 e. The molecule has 1 amide bonds. The van der Waals surface area contributed by atoms with E-state index >= 15 is 0 Å². The second-order valence-electron chi connectivity index (χ2n) is 11.0. The molecule has 2 aliphatic rings. The van der Waals surface area contributed by atoms with E-state index in [1.54, 1.807) is 42.3 Å². The van der Waals surface area contributed by atoms with Gasteiger partial charge in [0.15, 0.2) is 16.2 Å². The van der Waals surface area contributed by atoms with E-state index in [9.17, 15) is 35.8 Å². The second kappa shape index (κ2) is 12.2. The number of hydrogen-bond donors (Lipinski definition) is 4. The number of rotatable bonds is 10. The monoisotopic (exact) mass is 630 g/mol. The summed E-state index contributed by atoms with van der Waals surface area (Å²) in [6.45, 7) is 5.67. The zero-order valence-corrected chi connectivity index (χ0v) is 25.8. The molecule has 2 aromatic carbocycles. The van der Waals surface area contributed by atoms with Crippen molar-refractivity contribution in [3.05, 3.63) is 76.1 Å². The summed E-state index contributed by atoms with van der Waals surface area (Å²) in [6, 6.07) is 12.4. The molecule has 0 spiro atoms. The number of nitrogens with zero attached hydrogens (tertiary/aromatic N) is 1. The SMILES string of the molecule is Cc1ccc2c(Cc3ccccc3C(=O)N(C)CCCC(O)C(C)C)c3ccc(=N)c(S(=O)(=O)O)c-3oc2c1S(=O)(=O)O. The van der Waals surface area contributed by atoms with Gasteiger partial charge in [0, 0.05) is 30.1 Å². The summed E-state index contributed by atoms with van der Waals surface area (Å²) in [5, 5.41) is 17.9. The van der Waals surface area contributed by atoms with Crippen molar-refractivity contribution in [1.29, 1.82) is 5.41 Å². The Kier molecular flexibility index (Phi) is 9.14. The molecule has 0 aromatic heterocycles. The minimum atomic E-state index is -5.00. The van der Waals surface area contributed by atoms with E-state index < -0.39 is 47.2 Å². The molecule has 230 valence electrons. The van der Waals surface area contributed by atoms with Gasteiger partial charge < -0.3 is 14.4 Å². The third kappa shape index (κ3) is 6.65. The number of aryl methyl sites for hydroxylation is 1. The van der Waals surface area contributed by atoms with Crippen molar-refractivity contribution in [3.8, 4) is 11.3 Å². The van der Waals surface area contributed by atoms with Gasteiger partial charge in [-0.15, -0.1) is 0 Å². The molecule has 1 heterocycles. The number of aliphatic hydroxyl groups is 1. The van der Waals surface area contributed by atoms with Gasteiger partial charge in [-0.3, -0.25) is 19.3 Å². The number of amides is 1. The van der Waals surface area contributed by atoms with Crippen LogP contribution in [0.15, 0.2) is 62.7 Å². The van der Waals surface area contributed by atoms with Crippen LogP contribution in [0, 0.1) is 18.3 Å². The van der Waals surface area contributed by atoms with Crippen molar-refractivity contribution in [1.82, 2.24) is 4.90 Å². The lowest BCUT2D eigenvalue weighted by atomic mass is 9.91. The summed E-state index contributed by atoms with van der Waals surface area (Å²) < 4.78 is 75.4. The molecule has 13 heteroatoms. The number of benzene rings is 3. The van der Waals surface area contributed by atoms with Crippen molar-refractivity contribution in [2.75, 3.05) is 13.6 Å². The highest BCUT2D eigenvalue weighted by Crippen LogP contribution is 2.40. The average Bonchev–Trinajstić information content (AvgIpc) is 2.90. The molecule has 11 nitrogen and oxygen atoms in total. The van der Waals surface area contributed by atoms with Crippen LogP contribution in [-0.4, -0.2) is 61.6 Å². The van der Waals surface area contributed by atoms with Crippen molar-refractivity contribution in [3.63, 3.8) is 0 Å². The molecule has 2 aromatic rings. The van der Waals surface area contributed by atoms with Crippen LogP contribution in [0.3, 0.4) is 0 Å². The molecular formula is C30H34N2O9S2. The zero-order chi connectivity index (χ0) is 31.9. The number of carbonyl (C=O) groups excluding carboxylic acids is 1. The molecule has 0 saturated heterocycles. The van der Waals surface area contributed by atoms with E-state index in [0.717, 1.165) is 0 Å². The molecular weight excluding hydrogens is 596 g/mol. The first-order valence-corrected chi connectivity index (χ1v) is 16.4. The average molecular weight is 631 g/mol. The Morgan fingerprint density at radius 2 is 1.63 bits per heavy atom. The van der Waals surface area contributed by atoms with Gasteiger partial charge in [0.05, 0.1) is 11.5 Å². The Bertz CT molecular complexity index is 1950.